The number of aryl methyl sites for hydroxylation is 1. The van der Waals surface area contributed by atoms with Crippen LogP contribution in [-0.4, -0.2) is 4.98 Å². The molecule has 0 radical (unpaired) electrons. The molecule has 0 saturated heterocycles. The Morgan fingerprint density at radius 3 is 2.92 bits per heavy atom. The molecule has 2 aromatic rings. The molecule has 0 unspecified atom stereocenters. The molecule has 0 saturated carbocycles. The summed E-state index contributed by atoms with van der Waals surface area (Å²) in [5, 5.41) is 1.29. The molecular formula is C11H10IN. The summed E-state index contributed by atoms with van der Waals surface area (Å²) in [6.45, 7) is 2.18. The zero-order valence-corrected chi connectivity index (χ0v) is 9.58. The van der Waals surface area contributed by atoms with Crippen LogP contribution in [0, 0.1) is 3.57 Å². The maximum atomic E-state index is 4.33. The molecule has 2 heteroatoms. The van der Waals surface area contributed by atoms with Crippen LogP contribution >= 0.6 is 22.6 Å². The van der Waals surface area contributed by atoms with Gasteiger partial charge in [-0.15, -0.1) is 0 Å². The summed E-state index contributed by atoms with van der Waals surface area (Å²) in [6, 6.07) is 8.46. The highest BCUT2D eigenvalue weighted by molar-refractivity contribution is 14.1. The smallest absolute Gasteiger partial charge is 0.0705 e. The van der Waals surface area contributed by atoms with Crippen LogP contribution in [0.15, 0.2) is 30.5 Å². The molecule has 0 aliphatic heterocycles. The normalized spacial score (nSPS) is 10.6. The third kappa shape index (κ3) is 1.68. The van der Waals surface area contributed by atoms with Crippen LogP contribution in [0.1, 0.15) is 12.5 Å². The largest absolute Gasteiger partial charge is 0.256 e. The molecule has 0 aliphatic rings. The van der Waals surface area contributed by atoms with E-state index in [1.54, 1.807) is 0 Å². The molecule has 1 nitrogen and oxygen atoms in total. The van der Waals surface area contributed by atoms with Crippen molar-refractivity contribution in [3.8, 4) is 0 Å². The summed E-state index contributed by atoms with van der Waals surface area (Å²) in [5.74, 6) is 0. The summed E-state index contributed by atoms with van der Waals surface area (Å²) in [6.07, 6.45) is 2.95. The van der Waals surface area contributed by atoms with Crippen molar-refractivity contribution in [2.45, 2.75) is 13.3 Å². The van der Waals surface area contributed by atoms with E-state index < -0.39 is 0 Å². The second-order valence-corrected chi connectivity index (χ2v) is 4.23. The van der Waals surface area contributed by atoms with Gasteiger partial charge in [-0.05, 0) is 58.8 Å². The lowest BCUT2D eigenvalue weighted by Crippen LogP contribution is -1.86. The molecular weight excluding hydrogens is 273 g/mol. The van der Waals surface area contributed by atoms with E-state index in [1.165, 1.54) is 14.5 Å². The average molecular weight is 283 g/mol. The van der Waals surface area contributed by atoms with Gasteiger partial charge in [-0.2, -0.15) is 0 Å². The average Bonchev–Trinajstić information content (AvgIpc) is 2.17. The van der Waals surface area contributed by atoms with E-state index in [1.807, 2.05) is 6.20 Å². The van der Waals surface area contributed by atoms with Gasteiger partial charge >= 0.3 is 0 Å². The van der Waals surface area contributed by atoms with Crippen molar-refractivity contribution in [1.29, 1.82) is 0 Å². The lowest BCUT2D eigenvalue weighted by molar-refractivity contribution is 1.15. The number of hydrogen-bond acceptors (Lipinski definition) is 1. The second kappa shape index (κ2) is 3.62. The number of pyridine rings is 1. The standard InChI is InChI=1S/C11H10IN/c1-2-8-5-6-13-11-4-3-9(12)7-10(8)11/h3-7H,2H2,1H3. The number of nitrogens with zero attached hydrogens (tertiary/aromatic N) is 1. The first-order valence-electron chi connectivity index (χ1n) is 4.34. The Morgan fingerprint density at radius 2 is 2.15 bits per heavy atom. The lowest BCUT2D eigenvalue weighted by Gasteiger charge is -2.02. The number of halogens is 1. The van der Waals surface area contributed by atoms with Gasteiger partial charge in [0.15, 0.2) is 0 Å². The van der Waals surface area contributed by atoms with Gasteiger partial charge in [0.1, 0.15) is 0 Å². The highest BCUT2D eigenvalue weighted by Crippen LogP contribution is 2.19. The van der Waals surface area contributed by atoms with Gasteiger partial charge in [-0.1, -0.05) is 6.92 Å². The Kier molecular flexibility index (Phi) is 2.49. The quantitative estimate of drug-likeness (QED) is 0.731. The first-order chi connectivity index (χ1) is 6.31. The number of fused-ring (bicyclic) bond motifs is 1. The van der Waals surface area contributed by atoms with Crippen molar-refractivity contribution >= 4 is 33.5 Å². The monoisotopic (exact) mass is 283 g/mol. The van der Waals surface area contributed by atoms with E-state index >= 15 is 0 Å². The summed E-state index contributed by atoms with van der Waals surface area (Å²) in [7, 11) is 0. The molecule has 0 fully saturated rings. The zero-order chi connectivity index (χ0) is 9.26. The van der Waals surface area contributed by atoms with Crippen molar-refractivity contribution < 1.29 is 0 Å². The Hall–Kier alpha value is -0.640. The van der Waals surface area contributed by atoms with E-state index in [0.29, 0.717) is 0 Å². The highest BCUT2D eigenvalue weighted by Gasteiger charge is 1.99. The highest BCUT2D eigenvalue weighted by atomic mass is 127. The van der Waals surface area contributed by atoms with E-state index in [-0.39, 0.29) is 0 Å². The minimum absolute atomic E-state index is 1.07. The third-order valence-electron chi connectivity index (χ3n) is 2.17. The third-order valence-corrected chi connectivity index (χ3v) is 2.85. The minimum Gasteiger partial charge on any atom is -0.256 e. The van der Waals surface area contributed by atoms with Crippen LogP contribution in [-0.2, 0) is 6.42 Å². The predicted octanol–water partition coefficient (Wildman–Crippen LogP) is 3.40. The van der Waals surface area contributed by atoms with Crippen LogP contribution in [0.4, 0.5) is 0 Å². The van der Waals surface area contributed by atoms with Crippen LogP contribution < -0.4 is 0 Å². The van der Waals surface area contributed by atoms with Gasteiger partial charge in [0.25, 0.3) is 0 Å². The van der Waals surface area contributed by atoms with Gasteiger partial charge in [-0.25, -0.2) is 0 Å². The number of benzene rings is 1. The van der Waals surface area contributed by atoms with Crippen LogP contribution in [0.25, 0.3) is 10.9 Å². The SMILES string of the molecule is CCc1ccnc2ccc(I)cc12. The van der Waals surface area contributed by atoms with Gasteiger partial charge in [0.2, 0.25) is 0 Å². The number of aromatic nitrogens is 1. The van der Waals surface area contributed by atoms with Crippen LogP contribution in [0.3, 0.4) is 0 Å². The molecule has 0 atom stereocenters. The Bertz CT molecular complexity index is 437. The fraction of sp³-hybridized carbons (Fsp3) is 0.182. The van der Waals surface area contributed by atoms with Crippen molar-refractivity contribution in [1.82, 2.24) is 4.98 Å². The van der Waals surface area contributed by atoms with Gasteiger partial charge in [-0.3, -0.25) is 4.98 Å². The molecule has 1 aromatic heterocycles. The first-order valence-corrected chi connectivity index (χ1v) is 5.42. The summed E-state index contributed by atoms with van der Waals surface area (Å²) >= 11 is 2.33. The maximum Gasteiger partial charge on any atom is 0.0705 e. The van der Waals surface area contributed by atoms with Gasteiger partial charge < -0.3 is 0 Å². The van der Waals surface area contributed by atoms with Crippen LogP contribution in [0.5, 0.6) is 0 Å². The topological polar surface area (TPSA) is 12.9 Å². The first kappa shape index (κ1) is 8.94. The number of rotatable bonds is 1. The molecule has 0 spiro atoms. The summed E-state index contributed by atoms with van der Waals surface area (Å²) in [5.41, 5.74) is 2.48. The zero-order valence-electron chi connectivity index (χ0n) is 7.42. The van der Waals surface area contributed by atoms with Crippen LogP contribution in [0.2, 0.25) is 0 Å². The molecule has 0 bridgehead atoms. The second-order valence-electron chi connectivity index (χ2n) is 2.99. The molecule has 0 N–H and O–H groups in total. The summed E-state index contributed by atoms with van der Waals surface area (Å²) in [4.78, 5) is 4.33. The van der Waals surface area contributed by atoms with Crippen molar-refractivity contribution in [3.63, 3.8) is 0 Å². The molecule has 13 heavy (non-hydrogen) atoms. The minimum atomic E-state index is 1.07. The van der Waals surface area contributed by atoms with Gasteiger partial charge in [0, 0.05) is 15.2 Å². The van der Waals surface area contributed by atoms with Gasteiger partial charge in [0.05, 0.1) is 5.52 Å². The molecule has 66 valence electrons. The fourth-order valence-electron chi connectivity index (χ4n) is 1.48. The maximum absolute atomic E-state index is 4.33. The molecule has 1 aromatic carbocycles. The lowest BCUT2D eigenvalue weighted by atomic mass is 10.1. The number of hydrogen-bond donors (Lipinski definition) is 0. The Balaban J connectivity index is 2.79. The Morgan fingerprint density at radius 1 is 1.31 bits per heavy atom. The van der Waals surface area contributed by atoms with E-state index in [2.05, 4.69) is 58.8 Å². The van der Waals surface area contributed by atoms with Crippen molar-refractivity contribution in [2.75, 3.05) is 0 Å². The molecule has 1 heterocycles. The Labute approximate surface area is 91.3 Å². The molecule has 0 aliphatic carbocycles. The van der Waals surface area contributed by atoms with E-state index in [9.17, 15) is 0 Å². The van der Waals surface area contributed by atoms with Crippen molar-refractivity contribution in [2.24, 2.45) is 0 Å². The van der Waals surface area contributed by atoms with Crippen molar-refractivity contribution in [3.05, 3.63) is 39.6 Å². The molecule has 2 rings (SSSR count). The van der Waals surface area contributed by atoms with E-state index in [4.69, 9.17) is 0 Å². The molecule has 0 amide bonds. The fourth-order valence-corrected chi connectivity index (χ4v) is 1.97. The van der Waals surface area contributed by atoms with E-state index in [0.717, 1.165) is 11.9 Å². The summed E-state index contributed by atoms with van der Waals surface area (Å²) < 4.78 is 1.27. The predicted molar refractivity (Wildman–Crippen MR) is 63.8 cm³/mol.